The summed E-state index contributed by atoms with van der Waals surface area (Å²) in [6.07, 6.45) is 6.53. The van der Waals surface area contributed by atoms with Crippen LogP contribution in [-0.4, -0.2) is 11.7 Å². The lowest BCUT2D eigenvalue weighted by Gasteiger charge is -2.06. The van der Waals surface area contributed by atoms with E-state index in [0.29, 0.717) is 16.6 Å². The van der Waals surface area contributed by atoms with Gasteiger partial charge in [0.15, 0.2) is 0 Å². The maximum absolute atomic E-state index is 11.9. The van der Waals surface area contributed by atoms with E-state index in [4.69, 9.17) is 11.6 Å². The third-order valence-electron chi connectivity index (χ3n) is 3.63. The summed E-state index contributed by atoms with van der Waals surface area (Å²) in [6.45, 7) is 0. The molecule has 3 nitrogen and oxygen atoms in total. The summed E-state index contributed by atoms with van der Waals surface area (Å²) >= 11 is 5.84. The van der Waals surface area contributed by atoms with E-state index in [-0.39, 0.29) is 5.91 Å². The normalized spacial score (nSPS) is 21.8. The third-order valence-corrected chi connectivity index (χ3v) is 3.88. The Hall–Kier alpha value is -1.61. The molecule has 0 bridgehead atoms. The SMILES string of the molecule is O=C1NC(C2CCCC2)=N/C1=C/c1ccc(Cl)cc1. The molecule has 1 aromatic carbocycles. The molecule has 1 aromatic rings. The van der Waals surface area contributed by atoms with Crippen LogP contribution in [0.15, 0.2) is 35.0 Å². The van der Waals surface area contributed by atoms with E-state index >= 15 is 0 Å². The van der Waals surface area contributed by atoms with Crippen LogP contribution in [-0.2, 0) is 4.79 Å². The van der Waals surface area contributed by atoms with E-state index in [1.54, 1.807) is 6.08 Å². The number of nitrogens with one attached hydrogen (secondary N) is 1. The van der Waals surface area contributed by atoms with Crippen LogP contribution in [0.5, 0.6) is 0 Å². The minimum absolute atomic E-state index is 0.100. The molecule has 0 unspecified atom stereocenters. The molecule has 1 amide bonds. The van der Waals surface area contributed by atoms with Gasteiger partial charge < -0.3 is 5.32 Å². The second-order valence-electron chi connectivity index (χ2n) is 5.01. The Labute approximate surface area is 117 Å². The van der Waals surface area contributed by atoms with Gasteiger partial charge in [-0.3, -0.25) is 4.79 Å². The first-order valence-corrected chi connectivity index (χ1v) is 6.97. The van der Waals surface area contributed by atoms with E-state index in [9.17, 15) is 4.79 Å². The van der Waals surface area contributed by atoms with Crippen LogP contribution < -0.4 is 5.32 Å². The number of hydrogen-bond donors (Lipinski definition) is 1. The lowest BCUT2D eigenvalue weighted by Crippen LogP contribution is -2.29. The fourth-order valence-electron chi connectivity index (χ4n) is 2.60. The van der Waals surface area contributed by atoms with Gasteiger partial charge in [-0.15, -0.1) is 0 Å². The summed E-state index contributed by atoms with van der Waals surface area (Å²) < 4.78 is 0. The van der Waals surface area contributed by atoms with E-state index in [2.05, 4.69) is 10.3 Å². The summed E-state index contributed by atoms with van der Waals surface area (Å²) in [7, 11) is 0. The Kier molecular flexibility index (Phi) is 3.38. The highest BCUT2D eigenvalue weighted by atomic mass is 35.5. The van der Waals surface area contributed by atoms with Gasteiger partial charge in [0.1, 0.15) is 11.5 Å². The molecule has 2 aliphatic rings. The molecule has 1 heterocycles. The summed E-state index contributed by atoms with van der Waals surface area (Å²) in [6, 6.07) is 7.38. The topological polar surface area (TPSA) is 41.5 Å². The molecule has 1 aliphatic heterocycles. The van der Waals surface area contributed by atoms with Crippen LogP contribution in [0.2, 0.25) is 5.02 Å². The number of halogens is 1. The number of rotatable bonds is 2. The van der Waals surface area contributed by atoms with E-state index in [1.165, 1.54) is 12.8 Å². The summed E-state index contributed by atoms with van der Waals surface area (Å²) in [5.74, 6) is 1.18. The lowest BCUT2D eigenvalue weighted by molar-refractivity contribution is -0.115. The van der Waals surface area contributed by atoms with Gasteiger partial charge in [-0.05, 0) is 36.6 Å². The number of nitrogens with zero attached hydrogens (tertiary/aromatic N) is 1. The molecule has 4 heteroatoms. The highest BCUT2D eigenvalue weighted by Crippen LogP contribution is 2.28. The molecule has 3 rings (SSSR count). The lowest BCUT2D eigenvalue weighted by atomic mass is 10.1. The van der Waals surface area contributed by atoms with Gasteiger partial charge in [0, 0.05) is 10.9 Å². The van der Waals surface area contributed by atoms with Gasteiger partial charge in [0.25, 0.3) is 5.91 Å². The second-order valence-corrected chi connectivity index (χ2v) is 5.45. The van der Waals surface area contributed by atoms with Gasteiger partial charge in [0.05, 0.1) is 0 Å². The van der Waals surface area contributed by atoms with Crippen LogP contribution >= 0.6 is 11.6 Å². The predicted molar refractivity (Wildman–Crippen MR) is 77.0 cm³/mol. The Morgan fingerprint density at radius 2 is 1.89 bits per heavy atom. The van der Waals surface area contributed by atoms with Crippen molar-refractivity contribution in [2.75, 3.05) is 0 Å². The molecular formula is C15H15ClN2O. The first-order chi connectivity index (χ1) is 9.22. The molecule has 1 fully saturated rings. The number of aliphatic imine (C=N–C) groups is 1. The van der Waals surface area contributed by atoms with Crippen LogP contribution in [0, 0.1) is 5.92 Å². The van der Waals surface area contributed by atoms with Gasteiger partial charge >= 0.3 is 0 Å². The first kappa shape index (κ1) is 12.4. The number of amidine groups is 1. The smallest absolute Gasteiger partial charge is 0.275 e. The molecule has 0 atom stereocenters. The predicted octanol–water partition coefficient (Wildman–Crippen LogP) is 3.40. The summed E-state index contributed by atoms with van der Waals surface area (Å²) in [5.41, 5.74) is 1.43. The molecule has 0 saturated heterocycles. The van der Waals surface area contributed by atoms with Gasteiger partial charge in [-0.25, -0.2) is 4.99 Å². The van der Waals surface area contributed by atoms with Crippen molar-refractivity contribution in [1.29, 1.82) is 0 Å². The number of hydrogen-bond acceptors (Lipinski definition) is 2. The minimum Gasteiger partial charge on any atom is -0.308 e. The zero-order valence-corrected chi connectivity index (χ0v) is 11.3. The van der Waals surface area contributed by atoms with Crippen molar-refractivity contribution < 1.29 is 4.79 Å². The summed E-state index contributed by atoms with van der Waals surface area (Å²) in [4.78, 5) is 16.3. The number of carbonyl (C=O) groups is 1. The minimum atomic E-state index is -0.100. The van der Waals surface area contributed by atoms with Crippen molar-refractivity contribution in [3.8, 4) is 0 Å². The Morgan fingerprint density at radius 3 is 2.58 bits per heavy atom. The number of benzene rings is 1. The molecule has 1 saturated carbocycles. The molecule has 0 spiro atoms. The van der Waals surface area contributed by atoms with E-state index < -0.39 is 0 Å². The van der Waals surface area contributed by atoms with Crippen molar-refractivity contribution in [1.82, 2.24) is 5.32 Å². The van der Waals surface area contributed by atoms with E-state index in [0.717, 1.165) is 24.2 Å². The van der Waals surface area contributed by atoms with Crippen molar-refractivity contribution in [3.05, 3.63) is 40.5 Å². The highest BCUT2D eigenvalue weighted by molar-refractivity contribution is 6.30. The van der Waals surface area contributed by atoms with Gasteiger partial charge in [-0.2, -0.15) is 0 Å². The monoisotopic (exact) mass is 274 g/mol. The second kappa shape index (κ2) is 5.17. The molecule has 0 aromatic heterocycles. The Morgan fingerprint density at radius 1 is 1.21 bits per heavy atom. The molecule has 19 heavy (non-hydrogen) atoms. The molecule has 1 N–H and O–H groups in total. The van der Waals surface area contributed by atoms with Crippen molar-refractivity contribution >= 4 is 29.4 Å². The average Bonchev–Trinajstić information content (AvgIpc) is 3.03. The maximum atomic E-state index is 11.9. The fraction of sp³-hybridized carbons (Fsp3) is 0.333. The summed E-state index contributed by atoms with van der Waals surface area (Å²) in [5, 5.41) is 3.58. The number of carbonyl (C=O) groups excluding carboxylic acids is 1. The fourth-order valence-corrected chi connectivity index (χ4v) is 2.72. The molecular weight excluding hydrogens is 260 g/mol. The highest BCUT2D eigenvalue weighted by Gasteiger charge is 2.28. The largest absolute Gasteiger partial charge is 0.308 e. The van der Waals surface area contributed by atoms with Crippen molar-refractivity contribution in [2.45, 2.75) is 25.7 Å². The third kappa shape index (κ3) is 2.71. The van der Waals surface area contributed by atoms with Crippen LogP contribution in [0.4, 0.5) is 0 Å². The molecule has 98 valence electrons. The first-order valence-electron chi connectivity index (χ1n) is 6.59. The standard InChI is InChI=1S/C15H15ClN2O/c16-12-7-5-10(6-8-12)9-13-15(19)18-14(17-13)11-3-1-2-4-11/h5-9,11H,1-4H2,(H,17,18,19)/b13-9+. The van der Waals surface area contributed by atoms with Gasteiger partial charge in [0.2, 0.25) is 0 Å². The Balaban J connectivity index is 1.83. The van der Waals surface area contributed by atoms with Crippen molar-refractivity contribution in [2.24, 2.45) is 10.9 Å². The van der Waals surface area contributed by atoms with Crippen LogP contribution in [0.25, 0.3) is 6.08 Å². The number of amides is 1. The Bertz CT molecular complexity index is 554. The molecule has 0 radical (unpaired) electrons. The van der Waals surface area contributed by atoms with Gasteiger partial charge in [-0.1, -0.05) is 36.6 Å². The maximum Gasteiger partial charge on any atom is 0.275 e. The quantitative estimate of drug-likeness (QED) is 0.825. The zero-order valence-electron chi connectivity index (χ0n) is 10.5. The van der Waals surface area contributed by atoms with E-state index in [1.807, 2.05) is 24.3 Å². The molecule has 1 aliphatic carbocycles. The average molecular weight is 275 g/mol. The van der Waals surface area contributed by atoms with Crippen LogP contribution in [0.1, 0.15) is 31.2 Å². The van der Waals surface area contributed by atoms with Crippen LogP contribution in [0.3, 0.4) is 0 Å². The van der Waals surface area contributed by atoms with Crippen molar-refractivity contribution in [3.63, 3.8) is 0 Å². The zero-order chi connectivity index (χ0) is 13.2.